The van der Waals surface area contributed by atoms with Gasteiger partial charge in [-0.1, -0.05) is 42.5 Å². The zero-order chi connectivity index (χ0) is 22.0. The fourth-order valence-corrected chi connectivity index (χ4v) is 2.58. The highest BCUT2D eigenvalue weighted by atomic mass is 16.6. The Bertz CT molecular complexity index is 935. The van der Waals surface area contributed by atoms with E-state index in [1.807, 2.05) is 66.7 Å². The van der Waals surface area contributed by atoms with E-state index in [9.17, 15) is 9.59 Å². The normalized spacial score (nSPS) is 10.4. The van der Waals surface area contributed by atoms with Gasteiger partial charge in [-0.3, -0.25) is 9.78 Å². The highest BCUT2D eigenvalue weighted by molar-refractivity contribution is 5.92. The number of pyridine rings is 1. The van der Waals surface area contributed by atoms with Crippen molar-refractivity contribution in [3.8, 4) is 11.1 Å². The number of nitrogens with zero attached hydrogens (tertiary/aromatic N) is 1. The van der Waals surface area contributed by atoms with Crippen LogP contribution in [0.2, 0.25) is 0 Å². The van der Waals surface area contributed by atoms with Gasteiger partial charge >= 0.3 is 6.09 Å². The molecular formula is C24H27N3O3. The molecule has 0 unspecified atom stereocenters. The molecule has 0 bridgehead atoms. The Morgan fingerprint density at radius 1 is 0.900 bits per heavy atom. The molecule has 1 heterocycles. The summed E-state index contributed by atoms with van der Waals surface area (Å²) in [6.45, 7) is 5.28. The van der Waals surface area contributed by atoms with Crippen LogP contribution in [0.5, 0.6) is 0 Å². The van der Waals surface area contributed by atoms with Gasteiger partial charge in [0.2, 0.25) is 5.91 Å². The van der Waals surface area contributed by atoms with E-state index in [1.165, 1.54) is 0 Å². The van der Waals surface area contributed by atoms with Gasteiger partial charge in [0.05, 0.1) is 6.42 Å². The van der Waals surface area contributed by atoms with Crippen LogP contribution in [0.25, 0.3) is 11.1 Å². The molecule has 0 saturated heterocycles. The first kappa shape index (κ1) is 22.6. The molecule has 0 fully saturated rings. The third-order valence-corrected chi connectivity index (χ3v) is 3.80. The minimum absolute atomic E-state index is 0.0112. The number of primary amides is 1. The largest absolute Gasteiger partial charge is 0.444 e. The molecule has 3 N–H and O–H groups in total. The van der Waals surface area contributed by atoms with Gasteiger partial charge in [-0.05, 0) is 61.7 Å². The molecule has 0 aliphatic heterocycles. The molecule has 156 valence electrons. The number of benzene rings is 2. The molecule has 0 saturated carbocycles. The minimum Gasteiger partial charge on any atom is -0.444 e. The second-order valence-electron chi connectivity index (χ2n) is 7.56. The van der Waals surface area contributed by atoms with Crippen molar-refractivity contribution in [1.29, 1.82) is 0 Å². The highest BCUT2D eigenvalue weighted by Crippen LogP contribution is 2.20. The lowest BCUT2D eigenvalue weighted by Crippen LogP contribution is -2.27. The van der Waals surface area contributed by atoms with Gasteiger partial charge in [-0.15, -0.1) is 0 Å². The molecule has 0 atom stereocenters. The topological polar surface area (TPSA) is 94.3 Å². The highest BCUT2D eigenvalue weighted by Gasteiger charge is 2.12. The fraction of sp³-hybridized carbons (Fsp3) is 0.208. The van der Waals surface area contributed by atoms with Crippen molar-refractivity contribution in [1.82, 2.24) is 4.98 Å². The van der Waals surface area contributed by atoms with Gasteiger partial charge in [0.25, 0.3) is 0 Å². The van der Waals surface area contributed by atoms with Gasteiger partial charge in [0.15, 0.2) is 0 Å². The number of nitrogens with one attached hydrogen (secondary N) is 1. The summed E-state index contributed by atoms with van der Waals surface area (Å²) in [4.78, 5) is 26.0. The van der Waals surface area contributed by atoms with Crippen LogP contribution < -0.4 is 11.1 Å². The molecule has 3 aromatic rings. The van der Waals surface area contributed by atoms with Crippen molar-refractivity contribution in [2.45, 2.75) is 32.8 Å². The first-order valence-corrected chi connectivity index (χ1v) is 9.55. The van der Waals surface area contributed by atoms with Crippen molar-refractivity contribution < 1.29 is 14.3 Å². The maximum Gasteiger partial charge on any atom is 0.405 e. The molecule has 1 aromatic heterocycles. The van der Waals surface area contributed by atoms with Crippen LogP contribution in [0.4, 0.5) is 10.5 Å². The smallest absolute Gasteiger partial charge is 0.405 e. The number of nitrogens with two attached hydrogens (primary N) is 1. The molecule has 30 heavy (non-hydrogen) atoms. The van der Waals surface area contributed by atoms with Gasteiger partial charge in [-0.2, -0.15) is 0 Å². The van der Waals surface area contributed by atoms with Crippen LogP contribution in [-0.2, 0) is 16.0 Å². The second-order valence-corrected chi connectivity index (χ2v) is 7.56. The maximum absolute atomic E-state index is 12.0. The third kappa shape index (κ3) is 8.56. The predicted octanol–water partition coefficient (Wildman–Crippen LogP) is 4.81. The number of hydrogen-bond donors (Lipinski definition) is 2. The Hall–Kier alpha value is -3.67. The summed E-state index contributed by atoms with van der Waals surface area (Å²) in [5.74, 6) is -0.0112. The van der Waals surface area contributed by atoms with Crippen LogP contribution in [0.15, 0.2) is 79.1 Å². The van der Waals surface area contributed by atoms with Crippen molar-refractivity contribution >= 4 is 17.7 Å². The summed E-state index contributed by atoms with van der Waals surface area (Å²) in [6.07, 6.45) is 3.19. The number of rotatable bonds is 4. The van der Waals surface area contributed by atoms with Gasteiger partial charge in [0.1, 0.15) is 5.60 Å². The first-order valence-electron chi connectivity index (χ1n) is 9.55. The van der Waals surface area contributed by atoms with Crippen LogP contribution in [-0.4, -0.2) is 22.6 Å². The molecule has 0 spiro atoms. The van der Waals surface area contributed by atoms with Crippen molar-refractivity contribution in [2.24, 2.45) is 5.73 Å². The molecule has 6 nitrogen and oxygen atoms in total. The molecular weight excluding hydrogens is 378 g/mol. The molecule has 0 aliphatic rings. The number of aromatic nitrogens is 1. The average Bonchev–Trinajstić information content (AvgIpc) is 2.68. The van der Waals surface area contributed by atoms with E-state index >= 15 is 0 Å². The first-order chi connectivity index (χ1) is 14.2. The quantitative estimate of drug-likeness (QED) is 0.651. The molecule has 3 rings (SSSR count). The lowest BCUT2D eigenvalue weighted by atomic mass is 10.1. The Morgan fingerprint density at radius 3 is 1.97 bits per heavy atom. The number of carbonyl (C=O) groups is 2. The van der Waals surface area contributed by atoms with Crippen LogP contribution in [0.3, 0.4) is 0 Å². The van der Waals surface area contributed by atoms with Crippen molar-refractivity contribution in [3.63, 3.8) is 0 Å². The predicted molar refractivity (Wildman–Crippen MR) is 119 cm³/mol. The summed E-state index contributed by atoms with van der Waals surface area (Å²) in [5.41, 5.74) is 8.29. The van der Waals surface area contributed by atoms with E-state index in [0.717, 1.165) is 22.4 Å². The molecule has 0 aliphatic carbocycles. The van der Waals surface area contributed by atoms with E-state index in [0.29, 0.717) is 6.42 Å². The zero-order valence-corrected chi connectivity index (χ0v) is 17.5. The Labute approximate surface area is 177 Å². The summed E-state index contributed by atoms with van der Waals surface area (Å²) < 4.78 is 4.58. The number of hydrogen-bond acceptors (Lipinski definition) is 4. The van der Waals surface area contributed by atoms with E-state index in [2.05, 4.69) is 15.0 Å². The number of amides is 2. The van der Waals surface area contributed by atoms with E-state index in [-0.39, 0.29) is 5.91 Å². The Morgan fingerprint density at radius 2 is 1.47 bits per heavy atom. The molecule has 2 amide bonds. The van der Waals surface area contributed by atoms with Gasteiger partial charge in [-0.25, -0.2) is 4.79 Å². The monoisotopic (exact) mass is 405 g/mol. The Balaban J connectivity index is 0.000000343. The summed E-state index contributed by atoms with van der Waals surface area (Å²) in [5, 5.41) is 2.92. The van der Waals surface area contributed by atoms with Crippen molar-refractivity contribution in [3.05, 3.63) is 84.7 Å². The molecule has 6 heteroatoms. The summed E-state index contributed by atoms with van der Waals surface area (Å²) in [6, 6.07) is 21.5. The standard InChI is InChI=1S/C19H16N2O.C5H11NO2/c22-19(14-15-4-2-1-3-5-15)21-18-8-6-16(7-9-18)17-10-12-20-13-11-17;1-5(2,3)8-4(6)7/h1-13H,14H2,(H,21,22);1-3H3,(H2,6,7). The second kappa shape index (κ2) is 10.8. The summed E-state index contributed by atoms with van der Waals surface area (Å²) in [7, 11) is 0. The number of carbonyl (C=O) groups excluding carboxylic acids is 2. The zero-order valence-electron chi connectivity index (χ0n) is 17.5. The van der Waals surface area contributed by atoms with E-state index in [1.54, 1.807) is 33.2 Å². The van der Waals surface area contributed by atoms with Crippen LogP contribution in [0.1, 0.15) is 26.3 Å². The Kier molecular flexibility index (Phi) is 8.11. The fourth-order valence-electron chi connectivity index (χ4n) is 2.58. The van der Waals surface area contributed by atoms with Gasteiger partial charge in [0, 0.05) is 18.1 Å². The lowest BCUT2D eigenvalue weighted by molar-refractivity contribution is -0.115. The van der Waals surface area contributed by atoms with E-state index in [4.69, 9.17) is 5.73 Å². The number of anilines is 1. The lowest BCUT2D eigenvalue weighted by Gasteiger charge is -2.16. The third-order valence-electron chi connectivity index (χ3n) is 3.80. The molecule has 2 aromatic carbocycles. The molecule has 0 radical (unpaired) electrons. The summed E-state index contributed by atoms with van der Waals surface area (Å²) >= 11 is 0. The minimum atomic E-state index is -0.725. The SMILES string of the molecule is CC(C)(C)OC(N)=O.O=C(Cc1ccccc1)Nc1ccc(-c2ccncc2)cc1. The maximum atomic E-state index is 12.0. The van der Waals surface area contributed by atoms with Crippen LogP contribution >= 0.6 is 0 Å². The van der Waals surface area contributed by atoms with Gasteiger partial charge < -0.3 is 15.8 Å². The average molecular weight is 405 g/mol. The van der Waals surface area contributed by atoms with E-state index < -0.39 is 11.7 Å². The number of ether oxygens (including phenoxy) is 1. The van der Waals surface area contributed by atoms with Crippen molar-refractivity contribution in [2.75, 3.05) is 5.32 Å². The van der Waals surface area contributed by atoms with Crippen LogP contribution in [0, 0.1) is 0 Å².